The summed E-state index contributed by atoms with van der Waals surface area (Å²) in [5.41, 5.74) is 0. The number of hydrogen-bond donors (Lipinski definition) is 2. The van der Waals surface area contributed by atoms with Crippen molar-refractivity contribution in [1.29, 1.82) is 0 Å². The van der Waals surface area contributed by atoms with Gasteiger partial charge in [0.1, 0.15) is 5.75 Å². The fraction of sp³-hybridized carbons (Fsp3) is 0.500. The summed E-state index contributed by atoms with van der Waals surface area (Å²) in [6, 6.07) is 6.58. The van der Waals surface area contributed by atoms with Crippen molar-refractivity contribution < 1.29 is 19.4 Å². The molecule has 0 radical (unpaired) electrons. The van der Waals surface area contributed by atoms with Crippen molar-refractivity contribution >= 4 is 23.5 Å². The first-order valence-electron chi connectivity index (χ1n) is 7.47. The number of ether oxygens (including phenoxy) is 1. The summed E-state index contributed by atoms with van der Waals surface area (Å²) in [6.45, 7) is -0.174. The Bertz CT molecular complexity index is 535. The minimum Gasteiger partial charge on any atom is -0.482 e. The van der Waals surface area contributed by atoms with E-state index in [1.54, 1.807) is 24.3 Å². The summed E-state index contributed by atoms with van der Waals surface area (Å²) >= 11 is 5.95. The lowest BCUT2D eigenvalue weighted by atomic mass is 9.95. The number of carbonyl (C=O) groups excluding carboxylic acids is 1. The number of carboxylic acid groups (broad SMARTS) is 1. The highest BCUT2D eigenvalue weighted by Gasteiger charge is 2.30. The third-order valence-corrected chi connectivity index (χ3v) is 4.19. The number of aliphatic carboxylic acids is 1. The molecule has 0 unspecified atom stereocenters. The van der Waals surface area contributed by atoms with E-state index >= 15 is 0 Å². The van der Waals surface area contributed by atoms with Crippen molar-refractivity contribution in [3.05, 3.63) is 29.3 Å². The van der Waals surface area contributed by atoms with Crippen LogP contribution in [0.1, 0.15) is 32.1 Å². The van der Waals surface area contributed by atoms with Crippen molar-refractivity contribution in [3.8, 4) is 5.75 Å². The fourth-order valence-corrected chi connectivity index (χ4v) is 2.92. The molecule has 5 nitrogen and oxygen atoms in total. The molecule has 1 aromatic rings. The molecule has 6 heteroatoms. The molecule has 1 saturated carbocycles. The molecule has 0 heterocycles. The maximum absolute atomic E-state index is 12.0. The normalized spacial score (nSPS) is 21.7. The van der Waals surface area contributed by atoms with Crippen LogP contribution < -0.4 is 10.1 Å². The molecule has 1 amide bonds. The molecule has 2 rings (SSSR count). The van der Waals surface area contributed by atoms with Crippen LogP contribution >= 0.6 is 11.6 Å². The standard InChI is InChI=1S/C16H20ClNO4/c17-12-7-4-5-9-14(12)22-10-15(19)18-13-8-3-1-2-6-11(13)16(20)21/h4-5,7,9,11,13H,1-3,6,8,10H2,(H,18,19)(H,20,21)/t11-,13+/m1/s1. The van der Waals surface area contributed by atoms with Crippen LogP contribution in [-0.2, 0) is 9.59 Å². The molecule has 0 bridgehead atoms. The summed E-state index contributed by atoms with van der Waals surface area (Å²) in [7, 11) is 0. The zero-order valence-electron chi connectivity index (χ0n) is 12.3. The Labute approximate surface area is 134 Å². The minimum atomic E-state index is -0.848. The van der Waals surface area contributed by atoms with Crippen LogP contribution in [-0.4, -0.2) is 29.6 Å². The lowest BCUT2D eigenvalue weighted by molar-refractivity contribution is -0.143. The Hall–Kier alpha value is -1.75. The lowest BCUT2D eigenvalue weighted by Gasteiger charge is -2.22. The van der Waals surface area contributed by atoms with Crippen LogP contribution in [0.4, 0.5) is 0 Å². The molecule has 2 N–H and O–H groups in total. The third-order valence-electron chi connectivity index (χ3n) is 3.87. The first-order valence-corrected chi connectivity index (χ1v) is 7.85. The number of carboxylic acids is 1. The number of amides is 1. The lowest BCUT2D eigenvalue weighted by Crippen LogP contribution is -2.44. The number of carbonyl (C=O) groups is 2. The molecule has 2 atom stereocenters. The Morgan fingerprint density at radius 2 is 1.95 bits per heavy atom. The molecule has 120 valence electrons. The van der Waals surface area contributed by atoms with Gasteiger partial charge in [-0.15, -0.1) is 0 Å². The van der Waals surface area contributed by atoms with E-state index in [-0.39, 0.29) is 18.6 Å². The zero-order chi connectivity index (χ0) is 15.9. The van der Waals surface area contributed by atoms with Crippen LogP contribution in [0.5, 0.6) is 5.75 Å². The van der Waals surface area contributed by atoms with Crippen LogP contribution in [0.2, 0.25) is 5.02 Å². The summed E-state index contributed by atoms with van der Waals surface area (Å²) in [6.07, 6.45) is 4.12. The van der Waals surface area contributed by atoms with Gasteiger partial charge in [0.25, 0.3) is 5.91 Å². The van der Waals surface area contributed by atoms with E-state index in [9.17, 15) is 14.7 Å². The molecule has 1 aliphatic carbocycles. The molecule has 0 saturated heterocycles. The van der Waals surface area contributed by atoms with Crippen LogP contribution in [0, 0.1) is 5.92 Å². The zero-order valence-corrected chi connectivity index (χ0v) is 13.0. The SMILES string of the molecule is O=C(COc1ccccc1Cl)N[C@H]1CCCCC[C@H]1C(=O)O. The predicted molar refractivity (Wildman–Crippen MR) is 83.1 cm³/mol. The molecule has 1 fully saturated rings. The molecular formula is C16H20ClNO4. The summed E-state index contributed by atoms with van der Waals surface area (Å²) in [5, 5.41) is 12.5. The molecule has 22 heavy (non-hydrogen) atoms. The van der Waals surface area contributed by atoms with Crippen molar-refractivity contribution in [1.82, 2.24) is 5.32 Å². The summed E-state index contributed by atoms with van der Waals surface area (Å²) < 4.78 is 5.38. The van der Waals surface area contributed by atoms with Crippen molar-refractivity contribution in [2.24, 2.45) is 5.92 Å². The third kappa shape index (κ3) is 4.63. The van der Waals surface area contributed by atoms with Gasteiger partial charge in [-0.1, -0.05) is 43.0 Å². The highest BCUT2D eigenvalue weighted by Crippen LogP contribution is 2.25. The largest absolute Gasteiger partial charge is 0.482 e. The molecular weight excluding hydrogens is 306 g/mol. The fourth-order valence-electron chi connectivity index (χ4n) is 2.73. The highest BCUT2D eigenvalue weighted by atomic mass is 35.5. The number of rotatable bonds is 5. The maximum Gasteiger partial charge on any atom is 0.308 e. The van der Waals surface area contributed by atoms with Gasteiger partial charge in [-0.2, -0.15) is 0 Å². The first kappa shape index (κ1) is 16.6. The van der Waals surface area contributed by atoms with E-state index in [0.29, 0.717) is 23.6 Å². The van der Waals surface area contributed by atoms with E-state index < -0.39 is 11.9 Å². The van der Waals surface area contributed by atoms with E-state index in [2.05, 4.69) is 5.32 Å². The Balaban J connectivity index is 1.89. The number of nitrogens with one attached hydrogen (secondary N) is 1. The van der Waals surface area contributed by atoms with Gasteiger partial charge in [0.05, 0.1) is 10.9 Å². The van der Waals surface area contributed by atoms with Gasteiger partial charge >= 0.3 is 5.97 Å². The number of benzene rings is 1. The number of halogens is 1. The van der Waals surface area contributed by atoms with Gasteiger partial charge in [-0.3, -0.25) is 9.59 Å². The van der Waals surface area contributed by atoms with Gasteiger partial charge < -0.3 is 15.2 Å². The van der Waals surface area contributed by atoms with Gasteiger partial charge in [0.2, 0.25) is 0 Å². The van der Waals surface area contributed by atoms with Crippen LogP contribution in [0.25, 0.3) is 0 Å². The van der Waals surface area contributed by atoms with Crippen molar-refractivity contribution in [2.45, 2.75) is 38.1 Å². The van der Waals surface area contributed by atoms with E-state index in [0.717, 1.165) is 19.3 Å². The highest BCUT2D eigenvalue weighted by molar-refractivity contribution is 6.32. The molecule has 0 spiro atoms. The van der Waals surface area contributed by atoms with Gasteiger partial charge in [0, 0.05) is 6.04 Å². The van der Waals surface area contributed by atoms with E-state index in [1.807, 2.05) is 0 Å². The van der Waals surface area contributed by atoms with Crippen LogP contribution in [0.3, 0.4) is 0 Å². The molecule has 1 aromatic carbocycles. The molecule has 0 aromatic heterocycles. The Morgan fingerprint density at radius 3 is 2.68 bits per heavy atom. The van der Waals surface area contributed by atoms with Crippen LogP contribution in [0.15, 0.2) is 24.3 Å². The second-order valence-electron chi connectivity index (χ2n) is 5.48. The molecule has 0 aliphatic heterocycles. The van der Waals surface area contributed by atoms with Crippen molar-refractivity contribution in [2.75, 3.05) is 6.61 Å². The topological polar surface area (TPSA) is 75.6 Å². The number of hydrogen-bond acceptors (Lipinski definition) is 3. The number of para-hydroxylation sites is 1. The van der Waals surface area contributed by atoms with Gasteiger partial charge in [-0.25, -0.2) is 0 Å². The Kier molecular flexibility index (Phi) is 6.07. The second kappa shape index (κ2) is 8.03. The van der Waals surface area contributed by atoms with E-state index in [4.69, 9.17) is 16.3 Å². The average molecular weight is 326 g/mol. The Morgan fingerprint density at radius 1 is 1.23 bits per heavy atom. The average Bonchev–Trinajstić information content (AvgIpc) is 2.72. The first-order chi connectivity index (χ1) is 10.6. The van der Waals surface area contributed by atoms with Gasteiger partial charge in [-0.05, 0) is 25.0 Å². The predicted octanol–water partition coefficient (Wildman–Crippen LogP) is 2.87. The summed E-state index contributed by atoms with van der Waals surface area (Å²) in [5.74, 6) is -1.25. The van der Waals surface area contributed by atoms with Gasteiger partial charge in [0.15, 0.2) is 6.61 Å². The maximum atomic E-state index is 12.0. The van der Waals surface area contributed by atoms with E-state index in [1.165, 1.54) is 0 Å². The second-order valence-corrected chi connectivity index (χ2v) is 5.88. The smallest absolute Gasteiger partial charge is 0.308 e. The molecule has 1 aliphatic rings. The minimum absolute atomic E-state index is 0.174. The summed E-state index contributed by atoms with van der Waals surface area (Å²) in [4.78, 5) is 23.3. The quantitative estimate of drug-likeness (QED) is 0.816. The van der Waals surface area contributed by atoms with Crippen molar-refractivity contribution in [3.63, 3.8) is 0 Å². The monoisotopic (exact) mass is 325 g/mol.